The molecule has 2 bridgehead atoms. The van der Waals surface area contributed by atoms with E-state index in [1.807, 2.05) is 0 Å². The van der Waals surface area contributed by atoms with E-state index < -0.39 is 198 Å². The number of aromatic nitrogens is 16. The van der Waals surface area contributed by atoms with Crippen molar-refractivity contribution in [3.8, 4) is 0 Å². The number of nitrogen functional groups attached to an aromatic ring is 4. The quantitative estimate of drug-likeness (QED) is 0.0362. The van der Waals surface area contributed by atoms with E-state index in [2.05, 4.69) is 86.1 Å². The average Bonchev–Trinajstić information content (AvgIpc) is 1.63. The van der Waals surface area contributed by atoms with Crippen molar-refractivity contribution >= 4 is 131 Å². The predicted octanol–water partition coefficient (Wildman–Crippen LogP) is -4.23. The molecule has 5 aliphatic rings. The number of imidazole rings is 4. The summed E-state index contributed by atoms with van der Waals surface area (Å²) in [6, 6.07) is 0. The van der Waals surface area contributed by atoms with Crippen molar-refractivity contribution in [1.82, 2.24) is 90.4 Å². The number of phosphoric ester groups is 4. The van der Waals surface area contributed by atoms with Crippen LogP contribution in [0.15, 0.2) is 47.6 Å². The van der Waals surface area contributed by atoms with E-state index in [0.717, 1.165) is 56.2 Å². The third kappa shape index (κ3) is 19.8. The first kappa shape index (κ1) is 87.5. The Morgan fingerprint density at radius 1 is 0.500 bits per heavy atom. The van der Waals surface area contributed by atoms with E-state index in [9.17, 15) is 90.5 Å². The fourth-order valence-corrected chi connectivity index (χ4v) is 18.5. The van der Waals surface area contributed by atoms with E-state index in [4.69, 9.17) is 89.3 Å². The number of hydrogen-bond acceptors (Lipinski definition) is 43. The number of nitrogens with zero attached hydrogens (tertiary/aromatic N) is 14. The first-order valence-corrected chi connectivity index (χ1v) is 40.9. The van der Waals surface area contributed by atoms with Gasteiger partial charge in [-0.25, -0.2) is 80.6 Å². The van der Waals surface area contributed by atoms with Crippen LogP contribution in [0.5, 0.6) is 0 Å². The number of hydrogen-bond donors (Lipinski definition) is 21. The molecule has 0 radical (unpaired) electrons. The second-order valence-electron chi connectivity index (χ2n) is 22.2. The van der Waals surface area contributed by atoms with Crippen LogP contribution in [0.4, 0.5) is 32.3 Å². The van der Waals surface area contributed by atoms with Crippen LogP contribution in [0.1, 0.15) is 24.9 Å². The molecule has 70 heteroatoms. The van der Waals surface area contributed by atoms with Gasteiger partial charge in [-0.05, 0) is 0 Å². The van der Waals surface area contributed by atoms with Gasteiger partial charge < -0.3 is 133 Å². The number of halogens is 2. The predicted molar refractivity (Wildman–Crippen MR) is 345 cm³/mol. The Labute approximate surface area is 603 Å². The van der Waals surface area contributed by atoms with Crippen LogP contribution in [0.3, 0.4) is 0 Å². The van der Waals surface area contributed by atoms with Crippen molar-refractivity contribution in [3.05, 3.63) is 58.7 Å². The number of rotatable bonds is 18. The van der Waals surface area contributed by atoms with E-state index in [0.29, 0.717) is 0 Å². The zero-order chi connectivity index (χ0) is 79.1. The molecule has 5 saturated heterocycles. The number of aliphatic hydroxyl groups is 4. The SMILES string of the molecule is Nc1nc2c(ncn2[C@@H]2O[C@@H]3COP(=O)([O-])O[C@H]4[C@@H](F)[C@H](n5cnc6c(N)ncnc65)O[C@@H]4COP(=O)(O)O[C@@H]2[C@@H]3O)c(=O)[nH]1.Nc1nc2c(ncn2[C@@H]2O[C@H](COP(=O)(O)OP(=O)(O)OP(=O)(O)O)[C@@H](O)[C@H]2O)c(=O)[nH]1.Nc1ncnc2c1ncn2[C@@H]1O[C@H](COP(=O)(O)OP(=O)(O)OP(=O)(O)O)[C@@H](O)[C@H]1F.[NH4+].[NH4+]. The largest absolute Gasteiger partial charge is 0.756 e. The lowest BCUT2D eigenvalue weighted by Crippen LogP contribution is -2.36. The highest BCUT2D eigenvalue weighted by Crippen LogP contribution is 2.68. The van der Waals surface area contributed by atoms with Crippen molar-refractivity contribution in [1.29, 1.82) is 0 Å². The van der Waals surface area contributed by atoms with Crippen LogP contribution in [0.25, 0.3) is 44.7 Å². The molecule has 612 valence electrons. The fourth-order valence-electron chi connectivity index (χ4n) is 10.5. The minimum atomic E-state index is -5.73. The highest BCUT2D eigenvalue weighted by molar-refractivity contribution is 7.67. The summed E-state index contributed by atoms with van der Waals surface area (Å²) in [5, 5.41) is 41.4. The molecule has 0 saturated carbocycles. The average molecular weight is 1740 g/mol. The molecule has 0 amide bonds. The van der Waals surface area contributed by atoms with Crippen LogP contribution in [-0.2, 0) is 99.9 Å². The van der Waals surface area contributed by atoms with Gasteiger partial charge in [0.05, 0.1) is 51.7 Å². The molecule has 0 aliphatic carbocycles. The van der Waals surface area contributed by atoms with Gasteiger partial charge in [0.15, 0.2) is 82.5 Å². The van der Waals surface area contributed by atoms with Gasteiger partial charge in [-0.15, -0.1) is 0 Å². The molecule has 13 heterocycles. The number of H-pyrrole nitrogens is 2. The Bertz CT molecular complexity index is 5250. The van der Waals surface area contributed by atoms with Gasteiger partial charge in [0.2, 0.25) is 11.9 Å². The summed E-state index contributed by atoms with van der Waals surface area (Å²) in [6.45, 7) is -3.91. The molecule has 22 atom stereocenters. The van der Waals surface area contributed by atoms with Crippen LogP contribution < -0.4 is 51.2 Å². The first-order chi connectivity index (χ1) is 50.1. The number of aliphatic hydroxyl groups excluding tert-OH is 4. The van der Waals surface area contributed by atoms with Gasteiger partial charge in [-0.3, -0.25) is 60.5 Å². The Hall–Kier alpha value is -6.50. The molecule has 110 heavy (non-hydrogen) atoms. The molecule has 13 rings (SSSR count). The molecular formula is C40H61F2N22O38P8+. The number of nitrogens with one attached hydrogen (secondary N) is 2. The number of phosphoric acid groups is 8. The monoisotopic (exact) mass is 1740 g/mol. The summed E-state index contributed by atoms with van der Waals surface area (Å²) >= 11 is 0. The summed E-state index contributed by atoms with van der Waals surface area (Å²) in [7, 11) is -44.1. The lowest BCUT2D eigenvalue weighted by Gasteiger charge is -2.30. The Morgan fingerprint density at radius 2 is 0.909 bits per heavy atom. The van der Waals surface area contributed by atoms with Crippen LogP contribution in [0, 0.1) is 0 Å². The Kier molecular flexibility index (Phi) is 26.1. The lowest BCUT2D eigenvalue weighted by atomic mass is 10.1. The number of quaternary nitrogens is 2. The minimum absolute atomic E-state index is 0. The van der Waals surface area contributed by atoms with Gasteiger partial charge >= 0.3 is 54.8 Å². The van der Waals surface area contributed by atoms with Crippen LogP contribution >= 0.6 is 62.6 Å². The third-order valence-corrected chi connectivity index (χ3v) is 24.5. The number of nitrogens with two attached hydrogens (primary N) is 4. The van der Waals surface area contributed by atoms with Gasteiger partial charge in [0.1, 0.15) is 84.7 Å². The van der Waals surface area contributed by atoms with Gasteiger partial charge in [0, 0.05) is 0 Å². The fraction of sp³-hybridized carbons (Fsp3) is 0.500. The topological polar surface area (TPSA) is 943 Å². The molecule has 5 aliphatic heterocycles. The van der Waals surface area contributed by atoms with E-state index in [-0.39, 0.29) is 80.5 Å². The summed E-state index contributed by atoms with van der Waals surface area (Å²) in [6.07, 6.45) is -21.0. The molecule has 8 aromatic heterocycles. The number of ether oxygens (including phenoxy) is 4. The second-order valence-corrected chi connectivity index (χ2v) is 33.9. The number of anilines is 4. The van der Waals surface area contributed by atoms with E-state index in [1.54, 1.807) is 0 Å². The summed E-state index contributed by atoms with van der Waals surface area (Å²) in [5.41, 5.74) is 20.8. The third-order valence-electron chi connectivity index (χ3n) is 14.9. The van der Waals surface area contributed by atoms with Crippen LogP contribution in [0.2, 0.25) is 0 Å². The summed E-state index contributed by atoms with van der Waals surface area (Å²) < 4.78 is 193. The van der Waals surface area contributed by atoms with Gasteiger partial charge in [-0.1, -0.05) is 0 Å². The van der Waals surface area contributed by atoms with Crippen molar-refractivity contribution in [2.75, 3.05) is 49.4 Å². The lowest BCUT2D eigenvalue weighted by molar-refractivity contribution is -0.235. The number of aromatic amines is 2. The Morgan fingerprint density at radius 3 is 1.38 bits per heavy atom. The van der Waals surface area contributed by atoms with Crippen LogP contribution in [-0.4, -0.2) is 242 Å². The number of fused-ring (bicyclic) bond motifs is 7. The van der Waals surface area contributed by atoms with Crippen molar-refractivity contribution < 1.29 is 178 Å². The molecule has 31 N–H and O–H groups in total. The highest BCUT2D eigenvalue weighted by atomic mass is 31.3. The van der Waals surface area contributed by atoms with Gasteiger partial charge in [-0.2, -0.15) is 27.2 Å². The standard InChI is InChI=1S/C20H23FN10O12P2.C10H15FN5O12P3.C10H16N5O14P3.2H3N/c21-8-12-7(41-18(8)30-4-26-9-14(22)24-3-25-15(9)30)2-39-45(36,37)43-13-11(32)6(1-38-44(34,35)42-12)40-19(13)31-5-27-10-16(31)28-20(23)29-17(10)33;11-5-7(17)4(1-25-30(21,22)28-31(23,24)27-29(18,19)20)26-10(5)16-3-15-6-8(12)13-2-14-9(6)16;11-10-13-7-4(8(18)14-10)12-2-15(7)9-6(17)5(16)3(27-9)1-26-31(22,23)29-32(24,25)28-30(19,20)21;;/h3-8,11-13,18-19,32H,1-2H2,(H,34,35)(H,36,37)(H2,22,24,25)(H3,23,28,29,33);2-5,7,10,17H,1H2,(H,21,22)(H,23,24)(H2,12,13,14)(H2,18,19,20);2-3,5-6,9,16-17H,1H2,(H,22,23)(H,24,25)(H2,19,20,21)(H3,11,13,14,18);2*1H3/p+1/t6-,7-,8-,11-,12-,13-,18-,19-;4-,5-,7-,10-;3-,5-,6-,9-;;/m111../s1. The Balaban J connectivity index is 0.000000193. The maximum Gasteiger partial charge on any atom is 0.490 e. The van der Waals surface area contributed by atoms with E-state index in [1.165, 1.54) is 0 Å². The van der Waals surface area contributed by atoms with Crippen molar-refractivity contribution in [3.63, 3.8) is 0 Å². The molecule has 5 fully saturated rings. The molecule has 0 aromatic carbocycles. The maximum absolute atomic E-state index is 15.8. The second kappa shape index (κ2) is 32.8. The maximum atomic E-state index is 15.8. The summed E-state index contributed by atoms with van der Waals surface area (Å²) in [5.74, 6) is -0.594. The van der Waals surface area contributed by atoms with E-state index >= 15 is 4.39 Å². The zero-order valence-corrected chi connectivity index (χ0v) is 61.6. The normalized spacial score (nSPS) is 31.6. The molecular weight excluding hydrogens is 1680 g/mol. The van der Waals surface area contributed by atoms with Crippen molar-refractivity contribution in [2.24, 2.45) is 0 Å². The smallest absolute Gasteiger partial charge is 0.490 e. The zero-order valence-electron chi connectivity index (χ0n) is 54.5. The summed E-state index contributed by atoms with van der Waals surface area (Å²) in [4.78, 5) is 162. The highest BCUT2D eigenvalue weighted by Gasteiger charge is 2.55. The molecule has 0 spiro atoms. The number of alkyl halides is 2. The van der Waals surface area contributed by atoms with Crippen molar-refractivity contribution in [2.45, 2.75) is 98.3 Å². The molecule has 60 nitrogen and oxygen atoms in total. The minimum Gasteiger partial charge on any atom is -0.756 e. The first-order valence-electron chi connectivity index (χ1n) is 28.9. The molecule has 6 unspecified atom stereocenters. The van der Waals surface area contributed by atoms with Gasteiger partial charge in [0.25, 0.3) is 18.9 Å². The molecule has 8 aromatic rings.